The number of likely N-dealkylation sites (N-methyl/N-ethyl adjacent to an activating group) is 1. The highest BCUT2D eigenvalue weighted by Crippen LogP contribution is 2.27. The van der Waals surface area contributed by atoms with Crippen LogP contribution in [0.1, 0.15) is 20.8 Å². The van der Waals surface area contributed by atoms with Gasteiger partial charge in [-0.25, -0.2) is 8.42 Å². The Bertz CT molecular complexity index is 332. The molecule has 0 bridgehead atoms. The van der Waals surface area contributed by atoms with Gasteiger partial charge in [-0.2, -0.15) is 17.5 Å². The van der Waals surface area contributed by atoms with E-state index in [4.69, 9.17) is 5.73 Å². The Morgan fingerprint density at radius 1 is 1.25 bits per heavy atom. The summed E-state index contributed by atoms with van der Waals surface area (Å²) >= 11 is 0. The minimum absolute atomic E-state index is 0.239. The predicted octanol–water partition coefficient (Wildman–Crippen LogP) is 1.14. The normalized spacial score (nSPS) is 16.6. The van der Waals surface area contributed by atoms with Crippen molar-refractivity contribution in [3.05, 3.63) is 0 Å². The summed E-state index contributed by atoms with van der Waals surface area (Å²) in [7, 11) is -4.41. The summed E-state index contributed by atoms with van der Waals surface area (Å²) in [6, 6.07) is -0.672. The number of rotatable bonds is 3. The number of nitrogens with zero attached hydrogens (tertiary/aromatic N) is 1. The van der Waals surface area contributed by atoms with E-state index in [2.05, 4.69) is 0 Å². The molecule has 0 aliphatic heterocycles. The molecule has 2 N–H and O–H groups in total. The van der Waals surface area contributed by atoms with E-state index in [1.165, 1.54) is 0 Å². The van der Waals surface area contributed by atoms with Crippen LogP contribution in [0.5, 0.6) is 0 Å². The first-order valence-corrected chi connectivity index (χ1v) is 6.02. The van der Waals surface area contributed by atoms with Crippen LogP contribution in [0.4, 0.5) is 13.2 Å². The second kappa shape index (κ2) is 4.50. The second-order valence-corrected chi connectivity index (χ2v) is 6.74. The molecule has 98 valence electrons. The molecule has 0 aromatic carbocycles. The lowest BCUT2D eigenvalue weighted by atomic mass is 9.87. The van der Waals surface area contributed by atoms with Crippen LogP contribution in [0.25, 0.3) is 0 Å². The van der Waals surface area contributed by atoms with E-state index >= 15 is 0 Å². The molecule has 8 heteroatoms. The molecule has 0 unspecified atom stereocenters. The van der Waals surface area contributed by atoms with Gasteiger partial charge in [0.2, 0.25) is 0 Å². The zero-order valence-electron chi connectivity index (χ0n) is 9.67. The zero-order chi connectivity index (χ0) is 13.4. The van der Waals surface area contributed by atoms with Gasteiger partial charge in [0.1, 0.15) is 0 Å². The van der Waals surface area contributed by atoms with E-state index < -0.39 is 27.0 Å². The molecule has 1 atom stereocenters. The van der Waals surface area contributed by atoms with E-state index in [0.717, 1.165) is 7.05 Å². The van der Waals surface area contributed by atoms with E-state index in [-0.39, 0.29) is 10.8 Å². The largest absolute Gasteiger partial charge is 0.511 e. The molecule has 0 spiro atoms. The summed E-state index contributed by atoms with van der Waals surface area (Å²) in [6.07, 6.45) is 0. The van der Waals surface area contributed by atoms with Crippen LogP contribution in [-0.2, 0) is 10.0 Å². The lowest BCUT2D eigenvalue weighted by Gasteiger charge is -2.30. The van der Waals surface area contributed by atoms with Crippen molar-refractivity contribution in [2.75, 3.05) is 13.6 Å². The number of halogens is 3. The minimum atomic E-state index is -5.28. The summed E-state index contributed by atoms with van der Waals surface area (Å²) < 4.78 is 58.6. The minimum Gasteiger partial charge on any atom is -0.326 e. The van der Waals surface area contributed by atoms with Crippen LogP contribution in [-0.4, -0.2) is 37.9 Å². The quantitative estimate of drug-likeness (QED) is 0.829. The molecule has 0 aliphatic rings. The Hall–Kier alpha value is -0.340. The second-order valence-electron chi connectivity index (χ2n) is 4.70. The molecule has 0 radical (unpaired) electrons. The van der Waals surface area contributed by atoms with Crippen molar-refractivity contribution in [2.45, 2.75) is 32.3 Å². The van der Waals surface area contributed by atoms with Gasteiger partial charge in [-0.05, 0) is 5.41 Å². The van der Waals surface area contributed by atoms with E-state index in [0.29, 0.717) is 0 Å². The smallest absolute Gasteiger partial charge is 0.326 e. The lowest BCUT2D eigenvalue weighted by Crippen LogP contribution is -2.48. The maximum absolute atomic E-state index is 12.2. The van der Waals surface area contributed by atoms with Crippen LogP contribution < -0.4 is 5.73 Å². The van der Waals surface area contributed by atoms with Crippen LogP contribution in [0.2, 0.25) is 0 Å². The van der Waals surface area contributed by atoms with Crippen molar-refractivity contribution in [1.29, 1.82) is 0 Å². The Labute approximate surface area is 93.7 Å². The Kier molecular flexibility index (Phi) is 4.40. The number of hydrogen-bond donors (Lipinski definition) is 1. The van der Waals surface area contributed by atoms with Gasteiger partial charge in [0.15, 0.2) is 0 Å². The van der Waals surface area contributed by atoms with Crippen molar-refractivity contribution in [3.63, 3.8) is 0 Å². The van der Waals surface area contributed by atoms with Gasteiger partial charge in [0, 0.05) is 19.6 Å². The van der Waals surface area contributed by atoms with Crippen LogP contribution in [0.3, 0.4) is 0 Å². The Morgan fingerprint density at radius 2 is 1.62 bits per heavy atom. The van der Waals surface area contributed by atoms with Crippen molar-refractivity contribution >= 4 is 10.0 Å². The van der Waals surface area contributed by atoms with Crippen LogP contribution >= 0.6 is 0 Å². The first kappa shape index (κ1) is 15.7. The summed E-state index contributed by atoms with van der Waals surface area (Å²) in [5.74, 6) is 0. The van der Waals surface area contributed by atoms with Gasteiger partial charge in [-0.3, -0.25) is 0 Å². The first-order chi connectivity index (χ1) is 6.80. The summed E-state index contributed by atoms with van der Waals surface area (Å²) in [6.45, 7) is 4.81. The molecule has 0 fully saturated rings. The molecule has 0 saturated heterocycles. The first-order valence-electron chi connectivity index (χ1n) is 4.58. The highest BCUT2D eigenvalue weighted by atomic mass is 32.2. The van der Waals surface area contributed by atoms with Crippen LogP contribution in [0, 0.1) is 5.41 Å². The maximum atomic E-state index is 12.2. The third kappa shape index (κ3) is 3.60. The molecule has 0 amide bonds. The Balaban J connectivity index is 4.81. The molecule has 0 aromatic rings. The van der Waals surface area contributed by atoms with Crippen molar-refractivity contribution in [1.82, 2.24) is 4.31 Å². The third-order valence-corrected chi connectivity index (χ3v) is 3.82. The number of alkyl halides is 3. The van der Waals surface area contributed by atoms with Crippen molar-refractivity contribution in [3.8, 4) is 0 Å². The SMILES string of the molecule is CN(C[C@@H](N)C(C)(C)C)S(=O)(=O)C(F)(F)F. The fraction of sp³-hybridized carbons (Fsp3) is 1.00. The molecule has 0 aromatic heterocycles. The van der Waals surface area contributed by atoms with Gasteiger partial charge >= 0.3 is 15.5 Å². The summed E-state index contributed by atoms with van der Waals surface area (Å²) in [4.78, 5) is 0. The monoisotopic (exact) mass is 262 g/mol. The van der Waals surface area contributed by atoms with E-state index in [1.54, 1.807) is 20.8 Å². The standard InChI is InChI=1S/C8H17F3N2O2S/c1-7(2,3)6(12)5-13(4)16(14,15)8(9,10)11/h6H,5,12H2,1-4H3/t6-/m1/s1. The van der Waals surface area contributed by atoms with E-state index in [9.17, 15) is 21.6 Å². The van der Waals surface area contributed by atoms with Crippen LogP contribution in [0.15, 0.2) is 0 Å². The van der Waals surface area contributed by atoms with Gasteiger partial charge in [0.25, 0.3) is 0 Å². The average Bonchev–Trinajstić information content (AvgIpc) is 1.99. The number of hydrogen-bond acceptors (Lipinski definition) is 3. The topological polar surface area (TPSA) is 63.4 Å². The number of nitrogens with two attached hydrogens (primary N) is 1. The fourth-order valence-electron chi connectivity index (χ4n) is 0.826. The highest BCUT2D eigenvalue weighted by molar-refractivity contribution is 7.89. The molecule has 0 saturated carbocycles. The molecule has 0 rings (SSSR count). The van der Waals surface area contributed by atoms with Crippen molar-refractivity contribution < 1.29 is 21.6 Å². The fourth-order valence-corrected chi connectivity index (χ4v) is 1.54. The third-order valence-electron chi connectivity index (χ3n) is 2.27. The summed E-state index contributed by atoms with van der Waals surface area (Å²) in [5, 5.41) is 0. The summed E-state index contributed by atoms with van der Waals surface area (Å²) in [5.41, 5.74) is -0.123. The molecule has 0 aliphatic carbocycles. The van der Waals surface area contributed by atoms with E-state index in [1.807, 2.05) is 0 Å². The lowest BCUT2D eigenvalue weighted by molar-refractivity contribution is -0.0485. The van der Waals surface area contributed by atoms with Gasteiger partial charge in [-0.15, -0.1) is 0 Å². The number of sulfonamides is 1. The van der Waals surface area contributed by atoms with Gasteiger partial charge < -0.3 is 5.73 Å². The molecular weight excluding hydrogens is 245 g/mol. The zero-order valence-corrected chi connectivity index (χ0v) is 10.5. The van der Waals surface area contributed by atoms with Gasteiger partial charge in [-0.1, -0.05) is 20.8 Å². The van der Waals surface area contributed by atoms with Crippen molar-refractivity contribution in [2.24, 2.45) is 11.1 Å². The Morgan fingerprint density at radius 3 is 1.88 bits per heavy atom. The maximum Gasteiger partial charge on any atom is 0.511 e. The molecular formula is C8H17F3N2O2S. The molecule has 4 nitrogen and oxygen atoms in total. The average molecular weight is 262 g/mol. The molecule has 16 heavy (non-hydrogen) atoms. The molecule has 0 heterocycles. The predicted molar refractivity (Wildman–Crippen MR) is 55.0 cm³/mol. The van der Waals surface area contributed by atoms with Gasteiger partial charge in [0.05, 0.1) is 0 Å². The highest BCUT2D eigenvalue weighted by Gasteiger charge is 2.49.